The molecule has 0 amide bonds. The maximum atomic E-state index is 6.18. The minimum atomic E-state index is -0.0976. The van der Waals surface area contributed by atoms with E-state index in [0.29, 0.717) is 5.82 Å². The van der Waals surface area contributed by atoms with Gasteiger partial charge in [0.05, 0.1) is 18.5 Å². The molecule has 1 saturated heterocycles. The highest BCUT2D eigenvalue weighted by Gasteiger charge is 2.37. The summed E-state index contributed by atoms with van der Waals surface area (Å²) in [7, 11) is 1.74. The average molecular weight is 310 g/mol. The van der Waals surface area contributed by atoms with Gasteiger partial charge in [0.15, 0.2) is 0 Å². The number of aromatic nitrogens is 2. The summed E-state index contributed by atoms with van der Waals surface area (Å²) in [4.78, 5) is 11.2. The number of nitrogens with zero attached hydrogens (tertiary/aromatic N) is 3. The second-order valence-electron chi connectivity index (χ2n) is 7.03. The Morgan fingerprint density at radius 2 is 2.00 bits per heavy atom. The first-order valence-corrected chi connectivity index (χ1v) is 8.09. The van der Waals surface area contributed by atoms with Gasteiger partial charge in [-0.25, -0.2) is 9.97 Å². The quantitative estimate of drug-likeness (QED) is 0.924. The number of anilines is 2. The lowest BCUT2D eigenvalue weighted by atomic mass is 9.71. The summed E-state index contributed by atoms with van der Waals surface area (Å²) in [5.74, 6) is 1.54. The fraction of sp³-hybridized carbons (Fsp3) is 0.444. The van der Waals surface area contributed by atoms with Gasteiger partial charge in [-0.1, -0.05) is 13.8 Å². The maximum Gasteiger partial charge on any atom is 0.142 e. The van der Waals surface area contributed by atoms with Crippen molar-refractivity contribution in [3.05, 3.63) is 29.6 Å². The predicted octanol–water partition coefficient (Wildman–Crippen LogP) is 2.78. The van der Waals surface area contributed by atoms with E-state index in [-0.39, 0.29) is 5.41 Å². The van der Waals surface area contributed by atoms with E-state index in [1.807, 2.05) is 6.07 Å². The zero-order valence-corrected chi connectivity index (χ0v) is 13.9. The third-order valence-corrected chi connectivity index (χ3v) is 5.07. The van der Waals surface area contributed by atoms with Gasteiger partial charge in [-0.15, -0.1) is 0 Å². The Labute approximate surface area is 136 Å². The van der Waals surface area contributed by atoms with Crippen LogP contribution in [-0.4, -0.2) is 30.2 Å². The molecule has 5 nitrogen and oxygen atoms in total. The molecule has 2 aromatic rings. The first kappa shape index (κ1) is 14.3. The Hall–Kier alpha value is -2.30. The lowest BCUT2D eigenvalue weighted by molar-refractivity contribution is 0.410. The van der Waals surface area contributed by atoms with Crippen LogP contribution >= 0.6 is 0 Å². The van der Waals surface area contributed by atoms with Crippen molar-refractivity contribution in [2.75, 3.05) is 30.8 Å². The van der Waals surface area contributed by atoms with Crippen LogP contribution in [0.15, 0.2) is 18.5 Å². The first-order valence-electron chi connectivity index (χ1n) is 8.09. The lowest BCUT2D eigenvalue weighted by Crippen LogP contribution is -2.39. The molecule has 1 aliphatic heterocycles. The molecule has 23 heavy (non-hydrogen) atoms. The van der Waals surface area contributed by atoms with Gasteiger partial charge in [-0.2, -0.15) is 0 Å². The fourth-order valence-corrected chi connectivity index (χ4v) is 3.87. The van der Waals surface area contributed by atoms with Crippen molar-refractivity contribution in [2.45, 2.75) is 32.1 Å². The zero-order valence-electron chi connectivity index (χ0n) is 13.9. The van der Waals surface area contributed by atoms with E-state index in [2.05, 4.69) is 34.8 Å². The van der Waals surface area contributed by atoms with Gasteiger partial charge in [-0.3, -0.25) is 0 Å². The summed E-state index contributed by atoms with van der Waals surface area (Å²) in [6.45, 7) is 6.61. The molecule has 2 aliphatic rings. The molecule has 1 fully saturated rings. The lowest BCUT2D eigenvalue weighted by Gasteiger charge is -2.40. The van der Waals surface area contributed by atoms with Gasteiger partial charge in [0.2, 0.25) is 0 Å². The molecule has 1 aromatic heterocycles. The second kappa shape index (κ2) is 4.85. The van der Waals surface area contributed by atoms with Crippen LogP contribution < -0.4 is 15.4 Å². The smallest absolute Gasteiger partial charge is 0.142 e. The summed E-state index contributed by atoms with van der Waals surface area (Å²) >= 11 is 0. The van der Waals surface area contributed by atoms with Crippen molar-refractivity contribution in [1.29, 1.82) is 0 Å². The van der Waals surface area contributed by atoms with Crippen LogP contribution in [0.5, 0.6) is 5.75 Å². The van der Waals surface area contributed by atoms with Crippen molar-refractivity contribution < 1.29 is 4.74 Å². The molecule has 0 spiro atoms. The summed E-state index contributed by atoms with van der Waals surface area (Å²) in [6, 6.07) is 4.16. The van der Waals surface area contributed by atoms with Crippen molar-refractivity contribution in [3.63, 3.8) is 0 Å². The highest BCUT2D eigenvalue weighted by atomic mass is 16.5. The van der Waals surface area contributed by atoms with E-state index in [9.17, 15) is 0 Å². The van der Waals surface area contributed by atoms with Crippen LogP contribution in [0.3, 0.4) is 0 Å². The highest BCUT2D eigenvalue weighted by Crippen LogP contribution is 2.49. The van der Waals surface area contributed by atoms with Crippen molar-refractivity contribution in [3.8, 4) is 17.0 Å². The molecule has 2 N–H and O–H groups in total. The predicted molar refractivity (Wildman–Crippen MR) is 92.0 cm³/mol. The summed E-state index contributed by atoms with van der Waals surface area (Å²) < 4.78 is 5.65. The molecule has 0 bridgehead atoms. The summed E-state index contributed by atoms with van der Waals surface area (Å²) in [5.41, 5.74) is 11.8. The third-order valence-electron chi connectivity index (χ3n) is 5.07. The fourth-order valence-electron chi connectivity index (χ4n) is 3.87. The van der Waals surface area contributed by atoms with Crippen molar-refractivity contribution >= 4 is 11.5 Å². The van der Waals surface area contributed by atoms with Crippen LogP contribution in [0.25, 0.3) is 11.3 Å². The third kappa shape index (κ3) is 1.99. The van der Waals surface area contributed by atoms with Crippen molar-refractivity contribution in [2.24, 2.45) is 0 Å². The SMILES string of the molecule is COc1ccc2c(c1N1CCC1)CC(C)(C)c1c(N)ncnc1-2. The molecule has 2 heterocycles. The van der Waals surface area contributed by atoms with Gasteiger partial charge in [0.1, 0.15) is 17.9 Å². The topological polar surface area (TPSA) is 64.3 Å². The van der Waals surface area contributed by atoms with E-state index in [1.54, 1.807) is 13.4 Å². The minimum Gasteiger partial charge on any atom is -0.495 e. The van der Waals surface area contributed by atoms with Crippen LogP contribution in [-0.2, 0) is 11.8 Å². The molecule has 1 aromatic carbocycles. The molecule has 4 rings (SSSR count). The number of fused-ring (bicyclic) bond motifs is 3. The standard InChI is InChI=1S/C18H22N4O/c1-18(2)9-12-11(15-14(18)17(19)21-10-20-15)5-6-13(23-3)16(12)22-7-4-8-22/h5-6,10H,4,7-9H2,1-3H3,(H2,19,20,21). The van der Waals surface area contributed by atoms with Gasteiger partial charge in [-0.05, 0) is 36.0 Å². The maximum absolute atomic E-state index is 6.18. The van der Waals surface area contributed by atoms with Gasteiger partial charge >= 0.3 is 0 Å². The number of nitrogens with two attached hydrogens (primary N) is 1. The molecule has 120 valence electrons. The summed E-state index contributed by atoms with van der Waals surface area (Å²) in [5, 5.41) is 0. The highest BCUT2D eigenvalue weighted by molar-refractivity contribution is 5.83. The molecule has 5 heteroatoms. The Balaban J connectivity index is 2.01. The van der Waals surface area contributed by atoms with E-state index in [4.69, 9.17) is 10.5 Å². The number of hydrogen-bond donors (Lipinski definition) is 1. The molecule has 1 aliphatic carbocycles. The minimum absolute atomic E-state index is 0.0976. The Morgan fingerprint density at radius 3 is 2.65 bits per heavy atom. The Morgan fingerprint density at radius 1 is 1.22 bits per heavy atom. The summed E-state index contributed by atoms with van der Waals surface area (Å²) in [6.07, 6.45) is 3.71. The molecule has 0 atom stereocenters. The van der Waals surface area contributed by atoms with E-state index in [1.165, 1.54) is 17.7 Å². The molecule has 0 saturated carbocycles. The van der Waals surface area contributed by atoms with Crippen LogP contribution in [0.4, 0.5) is 11.5 Å². The zero-order chi connectivity index (χ0) is 16.2. The van der Waals surface area contributed by atoms with Crippen LogP contribution in [0.1, 0.15) is 31.4 Å². The van der Waals surface area contributed by atoms with Crippen LogP contribution in [0, 0.1) is 0 Å². The molecular formula is C18H22N4O. The largest absolute Gasteiger partial charge is 0.495 e. The Kier molecular flexibility index (Phi) is 3.01. The average Bonchev–Trinajstić information content (AvgIpc) is 2.45. The first-order chi connectivity index (χ1) is 11.0. The van der Waals surface area contributed by atoms with Crippen LogP contribution in [0.2, 0.25) is 0 Å². The normalized spacial score (nSPS) is 18.0. The number of benzene rings is 1. The second-order valence-corrected chi connectivity index (χ2v) is 7.03. The van der Waals surface area contributed by atoms with Gasteiger partial charge < -0.3 is 15.4 Å². The van der Waals surface area contributed by atoms with E-state index < -0.39 is 0 Å². The molecular weight excluding hydrogens is 288 g/mol. The van der Waals surface area contributed by atoms with Crippen molar-refractivity contribution in [1.82, 2.24) is 9.97 Å². The Bertz CT molecular complexity index is 781. The number of hydrogen-bond acceptors (Lipinski definition) is 5. The number of ether oxygens (including phenoxy) is 1. The molecule has 0 radical (unpaired) electrons. The van der Waals surface area contributed by atoms with E-state index >= 15 is 0 Å². The van der Waals surface area contributed by atoms with Gasteiger partial charge in [0, 0.05) is 24.2 Å². The molecule has 0 unspecified atom stereocenters. The number of nitrogen functional groups attached to an aromatic ring is 1. The van der Waals surface area contributed by atoms with E-state index in [0.717, 1.165) is 42.1 Å². The number of rotatable bonds is 2. The monoisotopic (exact) mass is 310 g/mol. The number of methoxy groups -OCH3 is 1. The van der Waals surface area contributed by atoms with Gasteiger partial charge in [0.25, 0.3) is 0 Å².